The first-order chi connectivity index (χ1) is 15.7. The van der Waals surface area contributed by atoms with Gasteiger partial charge in [-0.15, -0.1) is 0 Å². The van der Waals surface area contributed by atoms with Crippen LogP contribution in [0.15, 0.2) is 77.7 Å². The van der Waals surface area contributed by atoms with Crippen molar-refractivity contribution in [3.8, 4) is 11.3 Å². The Morgan fingerprint density at radius 3 is 2.12 bits per heavy atom. The number of benzene rings is 3. The number of para-hydroxylation sites is 1. The number of fused-ring (bicyclic) bond motifs is 5. The van der Waals surface area contributed by atoms with Gasteiger partial charge in [0.25, 0.3) is 10.0 Å². The summed E-state index contributed by atoms with van der Waals surface area (Å²) in [6.45, 7) is 4.76. The fraction of sp³-hybridized carbons (Fsp3) is 0.185. The van der Waals surface area contributed by atoms with E-state index in [2.05, 4.69) is 0 Å². The predicted molar refractivity (Wildman–Crippen MR) is 128 cm³/mol. The molecule has 5 rings (SSSR count). The van der Waals surface area contributed by atoms with Crippen LogP contribution in [0.25, 0.3) is 22.2 Å². The van der Waals surface area contributed by atoms with Gasteiger partial charge in [-0.25, -0.2) is 12.4 Å². The molecule has 0 spiro atoms. The molecule has 3 aromatic carbocycles. The summed E-state index contributed by atoms with van der Waals surface area (Å²) in [4.78, 5) is 25.5. The summed E-state index contributed by atoms with van der Waals surface area (Å²) in [5, 5.41) is 0.733. The quantitative estimate of drug-likeness (QED) is 0.391. The van der Waals surface area contributed by atoms with Gasteiger partial charge in [-0.05, 0) is 50.1 Å². The first-order valence-corrected chi connectivity index (χ1v) is 12.2. The molecule has 1 unspecified atom stereocenters. The number of aromatic nitrogens is 1. The maximum absolute atomic E-state index is 14.0. The minimum atomic E-state index is -3.95. The number of hydrogen-bond acceptors (Lipinski definition) is 4. The second kappa shape index (κ2) is 7.52. The summed E-state index contributed by atoms with van der Waals surface area (Å²) < 4.78 is 29.3. The topological polar surface area (TPSA) is 73.2 Å². The van der Waals surface area contributed by atoms with Crippen LogP contribution in [0.2, 0.25) is 0 Å². The van der Waals surface area contributed by atoms with Crippen molar-refractivity contribution in [1.82, 2.24) is 3.97 Å². The Morgan fingerprint density at radius 2 is 1.45 bits per heavy atom. The van der Waals surface area contributed by atoms with Crippen molar-refractivity contribution < 1.29 is 18.0 Å². The number of nitrogens with zero attached hydrogens (tertiary/aromatic N) is 1. The monoisotopic (exact) mass is 457 g/mol. The van der Waals surface area contributed by atoms with Gasteiger partial charge in [0, 0.05) is 16.9 Å². The lowest BCUT2D eigenvalue weighted by molar-refractivity contribution is -0.130. The van der Waals surface area contributed by atoms with Crippen molar-refractivity contribution in [2.45, 2.75) is 31.6 Å². The first-order valence-electron chi connectivity index (χ1n) is 10.8. The Balaban J connectivity index is 1.92. The average molecular weight is 458 g/mol. The van der Waals surface area contributed by atoms with Crippen molar-refractivity contribution in [2.24, 2.45) is 5.92 Å². The van der Waals surface area contributed by atoms with E-state index >= 15 is 0 Å². The third-order valence-corrected chi connectivity index (χ3v) is 8.23. The molecule has 1 aromatic heterocycles. The Labute approximate surface area is 192 Å². The number of carbonyl (C=O) groups excluding carboxylic acids is 2. The van der Waals surface area contributed by atoms with Crippen LogP contribution in [0.3, 0.4) is 0 Å². The molecular formula is C27H23NO4S. The highest BCUT2D eigenvalue weighted by atomic mass is 32.2. The fourth-order valence-corrected chi connectivity index (χ4v) is 6.66. The molecule has 0 saturated carbocycles. The molecule has 1 aliphatic carbocycles. The predicted octanol–water partition coefficient (Wildman–Crippen LogP) is 5.09. The van der Waals surface area contributed by atoms with Crippen molar-refractivity contribution in [2.75, 3.05) is 0 Å². The Morgan fingerprint density at radius 1 is 0.848 bits per heavy atom. The highest BCUT2D eigenvalue weighted by molar-refractivity contribution is 7.90. The minimum absolute atomic E-state index is 0.187. The van der Waals surface area contributed by atoms with Crippen molar-refractivity contribution in [1.29, 1.82) is 0 Å². The van der Waals surface area contributed by atoms with Gasteiger partial charge in [0.1, 0.15) is 11.6 Å². The summed E-state index contributed by atoms with van der Waals surface area (Å²) in [5.41, 5.74) is 4.29. The summed E-state index contributed by atoms with van der Waals surface area (Å²) in [6, 6.07) is 21.5. The van der Waals surface area contributed by atoms with E-state index < -0.39 is 21.9 Å². The number of rotatable bonds is 5. The Kier molecular flexibility index (Phi) is 4.87. The molecule has 33 heavy (non-hydrogen) atoms. The van der Waals surface area contributed by atoms with Crippen LogP contribution in [0.4, 0.5) is 0 Å². The van der Waals surface area contributed by atoms with Gasteiger partial charge >= 0.3 is 0 Å². The molecule has 1 heterocycles. The smallest absolute Gasteiger partial charge is 0.268 e. The second-order valence-corrected chi connectivity index (χ2v) is 10.4. The summed E-state index contributed by atoms with van der Waals surface area (Å²) in [5.74, 6) is -1.87. The zero-order valence-electron chi connectivity index (χ0n) is 18.6. The van der Waals surface area contributed by atoms with Gasteiger partial charge in [0.15, 0.2) is 0 Å². The van der Waals surface area contributed by atoms with Gasteiger partial charge in [-0.3, -0.25) is 9.59 Å². The maximum atomic E-state index is 14.0. The normalized spacial score (nSPS) is 15.0. The molecule has 4 aromatic rings. The number of carbonyl (C=O) groups is 2. The van der Waals surface area contributed by atoms with Gasteiger partial charge < -0.3 is 0 Å². The average Bonchev–Trinajstić information content (AvgIpc) is 3.28. The summed E-state index contributed by atoms with van der Waals surface area (Å²) in [6.07, 6.45) is 0. The molecule has 0 aliphatic heterocycles. The van der Waals surface area contributed by atoms with Crippen LogP contribution >= 0.6 is 0 Å². The lowest BCUT2D eigenvalue weighted by atomic mass is 9.79. The van der Waals surface area contributed by atoms with E-state index in [1.807, 2.05) is 43.3 Å². The van der Waals surface area contributed by atoms with Crippen LogP contribution < -0.4 is 0 Å². The standard InChI is InChI=1S/C27H23NO4S/c1-16-12-14-19(15-13-16)33(31,32)28-23-11-7-6-10-22(23)26-25(24(17(2)29)18(3)30)20-8-4-5-9-21(20)27(26)28/h4-15,24-25H,1-3H3. The number of aryl methyl sites for hydroxylation is 1. The van der Waals surface area contributed by atoms with Crippen LogP contribution in [0.1, 0.15) is 36.5 Å². The van der Waals surface area contributed by atoms with Crippen LogP contribution in [-0.2, 0) is 19.6 Å². The van der Waals surface area contributed by atoms with Crippen LogP contribution in [-0.4, -0.2) is 24.0 Å². The van der Waals surface area contributed by atoms with Gasteiger partial charge in [0.05, 0.1) is 22.0 Å². The van der Waals surface area contributed by atoms with Crippen LogP contribution in [0, 0.1) is 12.8 Å². The molecule has 166 valence electrons. The summed E-state index contributed by atoms with van der Waals surface area (Å²) in [7, 11) is -3.95. The molecule has 0 N–H and O–H groups in total. The largest absolute Gasteiger partial charge is 0.299 e. The molecule has 0 radical (unpaired) electrons. The van der Waals surface area contributed by atoms with Crippen molar-refractivity contribution in [3.63, 3.8) is 0 Å². The molecule has 1 atom stereocenters. The van der Waals surface area contributed by atoms with E-state index in [1.165, 1.54) is 17.8 Å². The van der Waals surface area contributed by atoms with Gasteiger partial charge in [-0.2, -0.15) is 0 Å². The Hall–Kier alpha value is -3.51. The van der Waals surface area contributed by atoms with E-state index in [4.69, 9.17) is 0 Å². The van der Waals surface area contributed by atoms with E-state index in [1.54, 1.807) is 36.4 Å². The molecule has 6 heteroatoms. The minimum Gasteiger partial charge on any atom is -0.299 e. The number of Topliss-reactive ketones (excluding diaryl/α,β-unsaturated/α-hetero) is 2. The second-order valence-electron chi connectivity index (χ2n) is 8.63. The highest BCUT2D eigenvalue weighted by Crippen LogP contribution is 2.53. The Bertz CT molecular complexity index is 1530. The molecule has 0 fully saturated rings. The lowest BCUT2D eigenvalue weighted by Gasteiger charge is -2.21. The molecule has 0 saturated heterocycles. The van der Waals surface area contributed by atoms with E-state index in [0.717, 1.165) is 27.6 Å². The zero-order chi connectivity index (χ0) is 23.5. The number of ketones is 2. The fourth-order valence-electron chi connectivity index (χ4n) is 5.11. The van der Waals surface area contributed by atoms with Gasteiger partial charge in [-0.1, -0.05) is 60.2 Å². The third-order valence-electron chi connectivity index (χ3n) is 6.50. The van der Waals surface area contributed by atoms with Crippen molar-refractivity contribution in [3.05, 3.63) is 89.5 Å². The van der Waals surface area contributed by atoms with E-state index in [-0.39, 0.29) is 16.5 Å². The van der Waals surface area contributed by atoms with Crippen molar-refractivity contribution >= 4 is 32.5 Å². The lowest BCUT2D eigenvalue weighted by Crippen LogP contribution is -2.26. The van der Waals surface area contributed by atoms with E-state index in [0.29, 0.717) is 11.2 Å². The highest BCUT2D eigenvalue weighted by Gasteiger charge is 2.44. The molecule has 0 bridgehead atoms. The molecule has 0 amide bonds. The maximum Gasteiger partial charge on any atom is 0.268 e. The van der Waals surface area contributed by atoms with E-state index in [9.17, 15) is 18.0 Å². The third kappa shape index (κ3) is 3.09. The SMILES string of the molecule is CC(=O)C(C(C)=O)C1c2ccccc2-c2c1c1ccccc1n2S(=O)(=O)c1ccc(C)cc1. The first kappa shape index (κ1) is 21.3. The summed E-state index contributed by atoms with van der Waals surface area (Å²) >= 11 is 0. The molecule has 1 aliphatic rings. The molecule has 5 nitrogen and oxygen atoms in total. The molecular weight excluding hydrogens is 434 g/mol. The van der Waals surface area contributed by atoms with Gasteiger partial charge in [0.2, 0.25) is 0 Å². The van der Waals surface area contributed by atoms with Crippen LogP contribution in [0.5, 0.6) is 0 Å². The zero-order valence-corrected chi connectivity index (χ0v) is 19.4. The number of hydrogen-bond donors (Lipinski definition) is 0.